The number of aromatic nitrogens is 2. The van der Waals surface area contributed by atoms with Gasteiger partial charge in [0.1, 0.15) is 12.0 Å². The number of ether oxygens (including phenoxy) is 1. The van der Waals surface area contributed by atoms with Crippen LogP contribution in [0.15, 0.2) is 4.42 Å². The van der Waals surface area contributed by atoms with Gasteiger partial charge in [0.2, 0.25) is 11.8 Å². The molecular formula is C8H10ClN3O3. The predicted octanol–water partition coefficient (Wildman–Crippen LogP) is 1.10. The van der Waals surface area contributed by atoms with E-state index in [1.54, 1.807) is 0 Å². The molecule has 82 valence electrons. The van der Waals surface area contributed by atoms with Gasteiger partial charge in [-0.3, -0.25) is 10.1 Å². The van der Waals surface area contributed by atoms with E-state index in [1.165, 1.54) is 0 Å². The molecule has 15 heavy (non-hydrogen) atoms. The molecule has 1 atom stereocenters. The molecule has 1 aromatic heterocycles. The van der Waals surface area contributed by atoms with Gasteiger partial charge in [-0.1, -0.05) is 5.10 Å². The Morgan fingerprint density at radius 1 is 1.60 bits per heavy atom. The number of rotatable bonds is 3. The van der Waals surface area contributed by atoms with Gasteiger partial charge in [-0.25, -0.2) is 0 Å². The molecular weight excluding hydrogens is 222 g/mol. The van der Waals surface area contributed by atoms with Crippen molar-refractivity contribution in [2.75, 3.05) is 17.8 Å². The van der Waals surface area contributed by atoms with E-state index in [0.29, 0.717) is 12.5 Å². The van der Waals surface area contributed by atoms with E-state index in [-0.39, 0.29) is 23.9 Å². The first-order chi connectivity index (χ1) is 7.29. The fourth-order valence-electron chi connectivity index (χ4n) is 1.34. The molecule has 1 unspecified atom stereocenters. The van der Waals surface area contributed by atoms with Crippen LogP contribution in [0, 0.1) is 0 Å². The molecule has 1 fully saturated rings. The lowest BCUT2D eigenvalue weighted by Crippen LogP contribution is -2.12. The molecule has 1 amide bonds. The smallest absolute Gasteiger partial charge is 0.322 e. The van der Waals surface area contributed by atoms with Crippen LogP contribution < -0.4 is 5.32 Å². The van der Waals surface area contributed by atoms with Gasteiger partial charge < -0.3 is 9.15 Å². The average Bonchev–Trinajstić information content (AvgIpc) is 2.85. The standard InChI is InChI=1S/C8H10ClN3O3/c9-4-6(13)10-8-12-11-7(15-8)5-2-1-3-14-5/h5H,1-4H2,(H,10,12,13). The summed E-state index contributed by atoms with van der Waals surface area (Å²) >= 11 is 5.31. The molecule has 1 saturated heterocycles. The van der Waals surface area contributed by atoms with Crippen LogP contribution in [0.3, 0.4) is 0 Å². The monoisotopic (exact) mass is 231 g/mol. The Balaban J connectivity index is 2.00. The molecule has 1 N–H and O–H groups in total. The van der Waals surface area contributed by atoms with Crippen LogP contribution in [0.25, 0.3) is 0 Å². The first-order valence-corrected chi connectivity index (χ1v) is 5.14. The SMILES string of the molecule is O=C(CCl)Nc1nnc(C2CCCO2)o1. The number of anilines is 1. The maximum Gasteiger partial charge on any atom is 0.322 e. The van der Waals surface area contributed by atoms with Crippen molar-refractivity contribution in [1.29, 1.82) is 0 Å². The molecule has 1 aliphatic rings. The van der Waals surface area contributed by atoms with E-state index < -0.39 is 0 Å². The molecule has 2 rings (SSSR count). The highest BCUT2D eigenvalue weighted by Gasteiger charge is 2.23. The molecule has 6 nitrogen and oxygen atoms in total. The quantitative estimate of drug-likeness (QED) is 0.789. The van der Waals surface area contributed by atoms with Crippen molar-refractivity contribution in [3.63, 3.8) is 0 Å². The maximum atomic E-state index is 10.9. The Morgan fingerprint density at radius 2 is 2.47 bits per heavy atom. The molecule has 0 aromatic carbocycles. The fraction of sp³-hybridized carbons (Fsp3) is 0.625. The van der Waals surface area contributed by atoms with Crippen molar-refractivity contribution in [1.82, 2.24) is 10.2 Å². The summed E-state index contributed by atoms with van der Waals surface area (Å²) < 4.78 is 10.6. The zero-order chi connectivity index (χ0) is 10.7. The lowest BCUT2D eigenvalue weighted by Gasteiger charge is -2.01. The Kier molecular flexibility index (Phi) is 3.17. The summed E-state index contributed by atoms with van der Waals surface area (Å²) in [5.74, 6) is -0.117. The lowest BCUT2D eigenvalue weighted by atomic mass is 10.2. The topological polar surface area (TPSA) is 77.2 Å². The van der Waals surface area contributed by atoms with E-state index in [0.717, 1.165) is 12.8 Å². The first-order valence-electron chi connectivity index (χ1n) is 4.60. The van der Waals surface area contributed by atoms with Gasteiger partial charge in [0.15, 0.2) is 0 Å². The highest BCUT2D eigenvalue weighted by atomic mass is 35.5. The van der Waals surface area contributed by atoms with Gasteiger partial charge in [-0.15, -0.1) is 16.7 Å². The molecule has 0 saturated carbocycles. The molecule has 0 aliphatic carbocycles. The van der Waals surface area contributed by atoms with E-state index in [9.17, 15) is 4.79 Å². The van der Waals surface area contributed by atoms with Crippen LogP contribution in [0.5, 0.6) is 0 Å². The Morgan fingerprint density at radius 3 is 3.13 bits per heavy atom. The second-order valence-corrected chi connectivity index (χ2v) is 3.40. The zero-order valence-electron chi connectivity index (χ0n) is 7.90. The molecule has 0 radical (unpaired) electrons. The van der Waals surface area contributed by atoms with Crippen molar-refractivity contribution >= 4 is 23.5 Å². The molecule has 1 aromatic rings. The summed E-state index contributed by atoms with van der Waals surface area (Å²) in [6, 6.07) is 0.0613. The van der Waals surface area contributed by atoms with Crippen molar-refractivity contribution < 1.29 is 13.9 Å². The minimum absolute atomic E-state index is 0.0613. The number of halogens is 1. The van der Waals surface area contributed by atoms with Crippen molar-refractivity contribution in [2.24, 2.45) is 0 Å². The number of hydrogen-bond acceptors (Lipinski definition) is 5. The fourth-order valence-corrected chi connectivity index (χ4v) is 1.41. The third kappa shape index (κ3) is 2.45. The number of amides is 1. The summed E-state index contributed by atoms with van der Waals surface area (Å²) in [5.41, 5.74) is 0. The van der Waals surface area contributed by atoms with Gasteiger partial charge in [-0.05, 0) is 12.8 Å². The predicted molar refractivity (Wildman–Crippen MR) is 51.6 cm³/mol. The first kappa shape index (κ1) is 10.4. The minimum atomic E-state index is -0.376. The molecule has 0 spiro atoms. The third-order valence-electron chi connectivity index (χ3n) is 2.01. The zero-order valence-corrected chi connectivity index (χ0v) is 8.66. The number of carbonyl (C=O) groups excluding carboxylic acids is 1. The van der Waals surface area contributed by atoms with Crippen molar-refractivity contribution in [3.8, 4) is 0 Å². The average molecular weight is 232 g/mol. The van der Waals surface area contributed by atoms with Crippen LogP contribution in [-0.4, -0.2) is 28.6 Å². The normalized spacial score (nSPS) is 20.5. The van der Waals surface area contributed by atoms with Crippen molar-refractivity contribution in [2.45, 2.75) is 18.9 Å². The van der Waals surface area contributed by atoms with E-state index in [1.807, 2.05) is 0 Å². The molecule has 0 bridgehead atoms. The Labute approximate surface area is 90.9 Å². The van der Waals surface area contributed by atoms with E-state index in [2.05, 4.69) is 15.5 Å². The van der Waals surface area contributed by atoms with Gasteiger partial charge in [0, 0.05) is 6.61 Å². The summed E-state index contributed by atoms with van der Waals surface area (Å²) in [6.45, 7) is 0.705. The van der Waals surface area contributed by atoms with E-state index >= 15 is 0 Å². The number of alkyl halides is 1. The van der Waals surface area contributed by atoms with Crippen LogP contribution in [-0.2, 0) is 9.53 Å². The summed E-state index contributed by atoms with van der Waals surface area (Å²) in [7, 11) is 0. The van der Waals surface area contributed by atoms with Crippen LogP contribution >= 0.6 is 11.6 Å². The summed E-state index contributed by atoms with van der Waals surface area (Å²) in [6.07, 6.45) is 1.71. The van der Waals surface area contributed by atoms with Gasteiger partial charge in [0.05, 0.1) is 0 Å². The summed E-state index contributed by atoms with van der Waals surface area (Å²) in [4.78, 5) is 10.9. The van der Waals surface area contributed by atoms with Crippen LogP contribution in [0.4, 0.5) is 6.01 Å². The number of hydrogen-bond donors (Lipinski definition) is 1. The third-order valence-corrected chi connectivity index (χ3v) is 2.26. The van der Waals surface area contributed by atoms with E-state index in [4.69, 9.17) is 20.8 Å². The highest BCUT2D eigenvalue weighted by molar-refractivity contribution is 6.28. The lowest BCUT2D eigenvalue weighted by molar-refractivity contribution is -0.114. The van der Waals surface area contributed by atoms with Gasteiger partial charge >= 0.3 is 6.01 Å². The number of carbonyl (C=O) groups is 1. The Bertz CT molecular complexity index is 349. The Hall–Kier alpha value is -1.14. The molecule has 1 aliphatic heterocycles. The second kappa shape index (κ2) is 4.59. The number of nitrogens with one attached hydrogen (secondary N) is 1. The van der Waals surface area contributed by atoms with Crippen LogP contribution in [0.1, 0.15) is 24.8 Å². The van der Waals surface area contributed by atoms with Crippen LogP contribution in [0.2, 0.25) is 0 Å². The summed E-state index contributed by atoms with van der Waals surface area (Å²) in [5, 5.41) is 9.82. The van der Waals surface area contributed by atoms with Gasteiger partial charge in [0.25, 0.3) is 0 Å². The maximum absolute atomic E-state index is 10.9. The largest absolute Gasteiger partial charge is 0.405 e. The van der Waals surface area contributed by atoms with Crippen molar-refractivity contribution in [3.05, 3.63) is 5.89 Å². The number of nitrogens with zero attached hydrogens (tertiary/aromatic N) is 2. The minimum Gasteiger partial charge on any atom is -0.405 e. The molecule has 2 heterocycles. The highest BCUT2D eigenvalue weighted by Crippen LogP contribution is 2.27. The molecule has 7 heteroatoms. The second-order valence-electron chi connectivity index (χ2n) is 3.13. The van der Waals surface area contributed by atoms with Gasteiger partial charge in [-0.2, -0.15) is 0 Å².